The van der Waals surface area contributed by atoms with Crippen LogP contribution in [0, 0.1) is 29.3 Å². The molecule has 5 nitrogen and oxygen atoms in total. The zero-order chi connectivity index (χ0) is 53.3. The Hall–Kier alpha value is -6.55. The zero-order valence-corrected chi connectivity index (χ0v) is 49.4. The number of hydrogen-bond acceptors (Lipinski definition) is 2. The predicted molar refractivity (Wildman–Crippen MR) is 318 cm³/mol. The molecular weight excluding hydrogens is 1130 g/mol. The smallest absolute Gasteiger partial charge is 0.268 e. The Morgan fingerprint density at radius 2 is 1.09 bits per heavy atom. The molecule has 78 heavy (non-hydrogen) atoms. The molecule has 0 aliphatic heterocycles. The maximum absolute atomic E-state index is 6.78. The molecule has 3 aromatic heterocycles. The summed E-state index contributed by atoms with van der Waals surface area (Å²) < 4.78 is 13.5. The minimum Gasteiger partial charge on any atom is -0.510 e. The third-order valence-corrected chi connectivity index (χ3v) is 18.2. The third kappa shape index (κ3) is 9.36. The molecule has 12 rings (SSSR count). The molecule has 10 aromatic rings. The van der Waals surface area contributed by atoms with Crippen LogP contribution >= 0.6 is 0 Å². The van der Waals surface area contributed by atoms with Gasteiger partial charge in [-0.2, -0.15) is 18.2 Å². The van der Waals surface area contributed by atoms with E-state index in [-0.39, 0.29) is 48.1 Å². The van der Waals surface area contributed by atoms with Gasteiger partial charge in [0.1, 0.15) is 5.82 Å². The van der Waals surface area contributed by atoms with Gasteiger partial charge in [0.25, 0.3) is 6.33 Å². The van der Waals surface area contributed by atoms with Crippen LogP contribution in [0.15, 0.2) is 164 Å². The molecule has 2 saturated carbocycles. The summed E-state index contributed by atoms with van der Waals surface area (Å²) in [5.41, 5.74) is 15.4. The Morgan fingerprint density at radius 1 is 0.526 bits per heavy atom. The van der Waals surface area contributed by atoms with Crippen molar-refractivity contribution in [3.8, 4) is 50.9 Å². The van der Waals surface area contributed by atoms with Crippen molar-refractivity contribution in [3.05, 3.63) is 199 Å². The monoisotopic (exact) mass is 1210 g/mol. The minimum absolute atomic E-state index is 0. The number of ether oxygens (including phenoxy) is 1. The maximum atomic E-state index is 6.78. The summed E-state index contributed by atoms with van der Waals surface area (Å²) in [6.07, 6.45) is 18.4. The van der Waals surface area contributed by atoms with Crippen LogP contribution in [0.2, 0.25) is 0 Å². The third-order valence-electron chi connectivity index (χ3n) is 18.2. The van der Waals surface area contributed by atoms with Gasteiger partial charge in [-0.05, 0) is 110 Å². The fraction of sp³-hybridized carbons (Fsp3) is 0.333. The van der Waals surface area contributed by atoms with Crippen LogP contribution in [-0.2, 0) is 37.3 Å². The molecule has 2 aliphatic rings. The molecule has 0 bridgehead atoms. The number of hydrogen-bond donors (Lipinski definition) is 0. The van der Waals surface area contributed by atoms with E-state index in [2.05, 4.69) is 240 Å². The van der Waals surface area contributed by atoms with Crippen molar-refractivity contribution in [2.24, 2.45) is 10.8 Å². The zero-order valence-electron chi connectivity index (χ0n) is 47.2. The van der Waals surface area contributed by atoms with E-state index in [1.807, 2.05) is 18.3 Å². The number of para-hydroxylation sites is 4. The van der Waals surface area contributed by atoms with E-state index in [0.717, 1.165) is 50.0 Å². The molecule has 2 fully saturated rings. The van der Waals surface area contributed by atoms with Crippen LogP contribution in [0.5, 0.6) is 11.5 Å². The Bertz CT molecular complexity index is 3720. The average molecular weight is 1210 g/mol. The van der Waals surface area contributed by atoms with Crippen LogP contribution in [0.4, 0.5) is 0 Å². The van der Waals surface area contributed by atoms with Gasteiger partial charge in [0, 0.05) is 55.1 Å². The van der Waals surface area contributed by atoms with Gasteiger partial charge >= 0.3 is 0 Å². The summed E-state index contributed by atoms with van der Waals surface area (Å²) in [4.78, 5) is 4.90. The standard InChI is InChI=1S/C72H74N4O.Pt/c1-68(2,3)52-38-43-73-66(46-52)76-62-33-13-12-30-60(62)61-37-36-57(48-65(61)76)77-56-29-22-28-55(47-56)74-49-75(64-35-15-14-34-63(64)74)67-58(50-24-20-26-53(44-50)71(69(4,5)6)39-16-10-17-40-71)31-23-32-59(67)51-25-21-27-54(45-51)72(70(7,8)9)41-18-11-19-42-72;/h12-15,20-38,43-46H,10-11,16-19,39-42H2,1-9H3;/q-2;. The molecule has 0 radical (unpaired) electrons. The number of rotatable bonds is 9. The van der Waals surface area contributed by atoms with E-state index in [4.69, 9.17) is 9.72 Å². The van der Waals surface area contributed by atoms with E-state index in [1.165, 1.54) is 103 Å². The van der Waals surface area contributed by atoms with E-state index < -0.39 is 0 Å². The Balaban J connectivity index is 0.00000645. The van der Waals surface area contributed by atoms with Crippen LogP contribution in [0.1, 0.15) is 143 Å². The first kappa shape index (κ1) is 53.5. The Labute approximate surface area is 478 Å². The van der Waals surface area contributed by atoms with Crippen molar-refractivity contribution in [2.75, 3.05) is 0 Å². The number of benzene rings is 7. The molecule has 3 heterocycles. The average Bonchev–Trinajstić information content (AvgIpc) is 4.01. The van der Waals surface area contributed by atoms with Gasteiger partial charge in [-0.3, -0.25) is 4.57 Å². The topological polar surface area (TPSA) is 35.9 Å². The maximum Gasteiger partial charge on any atom is 0.268 e. The molecule has 0 amide bonds. The van der Waals surface area contributed by atoms with Crippen LogP contribution in [-0.4, -0.2) is 14.1 Å². The molecule has 0 unspecified atom stereocenters. The summed E-state index contributed by atoms with van der Waals surface area (Å²) in [6.45, 7) is 21.5. The second-order valence-electron chi connectivity index (χ2n) is 25.5. The van der Waals surface area contributed by atoms with E-state index in [1.54, 1.807) is 0 Å². The molecule has 2 aliphatic carbocycles. The van der Waals surface area contributed by atoms with E-state index >= 15 is 0 Å². The second kappa shape index (κ2) is 20.6. The van der Waals surface area contributed by atoms with Gasteiger partial charge in [-0.1, -0.05) is 216 Å². The fourth-order valence-electron chi connectivity index (χ4n) is 13.8. The molecule has 0 saturated heterocycles. The van der Waals surface area contributed by atoms with Crippen molar-refractivity contribution in [1.29, 1.82) is 0 Å². The first-order valence-electron chi connectivity index (χ1n) is 28.5. The van der Waals surface area contributed by atoms with E-state index in [9.17, 15) is 0 Å². The molecular formula is C72H74N4OPt-2. The Morgan fingerprint density at radius 3 is 1.71 bits per heavy atom. The molecule has 7 aromatic carbocycles. The molecule has 0 atom stereocenters. The van der Waals surface area contributed by atoms with Gasteiger partial charge in [0.2, 0.25) is 0 Å². The number of aromatic nitrogens is 4. The summed E-state index contributed by atoms with van der Waals surface area (Å²) in [7, 11) is 0. The number of fused-ring (bicyclic) bond motifs is 4. The summed E-state index contributed by atoms with van der Waals surface area (Å²) >= 11 is 0. The van der Waals surface area contributed by atoms with E-state index in [0.29, 0.717) is 11.5 Å². The Kier molecular flexibility index (Phi) is 14.1. The first-order chi connectivity index (χ1) is 37.0. The largest absolute Gasteiger partial charge is 0.510 e. The molecule has 0 spiro atoms. The summed E-state index contributed by atoms with van der Waals surface area (Å²) in [5, 5.41) is 2.24. The van der Waals surface area contributed by atoms with Gasteiger partial charge in [-0.25, -0.2) is 4.98 Å². The predicted octanol–water partition coefficient (Wildman–Crippen LogP) is 18.7. The quantitative estimate of drug-likeness (QED) is 0.107. The second-order valence-corrected chi connectivity index (χ2v) is 25.5. The minimum atomic E-state index is -0.0330. The van der Waals surface area contributed by atoms with Gasteiger partial charge in [0.05, 0.1) is 16.7 Å². The van der Waals surface area contributed by atoms with Crippen molar-refractivity contribution < 1.29 is 30.4 Å². The molecule has 400 valence electrons. The normalized spacial score (nSPS) is 15.9. The van der Waals surface area contributed by atoms with Crippen LogP contribution in [0.25, 0.3) is 72.3 Å². The van der Waals surface area contributed by atoms with Crippen molar-refractivity contribution >= 4 is 32.8 Å². The van der Waals surface area contributed by atoms with Crippen molar-refractivity contribution in [2.45, 2.75) is 143 Å². The summed E-state index contributed by atoms with van der Waals surface area (Å²) in [5.74, 6) is 2.05. The number of imidazole rings is 1. The van der Waals surface area contributed by atoms with Gasteiger partial charge in [-0.15, -0.1) is 29.7 Å². The fourth-order valence-corrected chi connectivity index (χ4v) is 13.8. The number of nitrogens with zero attached hydrogens (tertiary/aromatic N) is 4. The van der Waals surface area contributed by atoms with Crippen LogP contribution < -0.4 is 9.30 Å². The SMILES string of the molecule is CC(C)(C)c1ccnc(-n2c3[c-]c(Oc4[c-]c(-n5[c-][n+](-c6c(-c7cccc(C8(C(C)(C)C)CCCCC8)c7)cccc6-c6cccc(C7(C(C)(C)C)CCCCC7)c6)c6ccccc65)ccc4)ccc3c3ccccc32)c1.[Pt]. The van der Waals surface area contributed by atoms with Crippen LogP contribution in [0.3, 0.4) is 0 Å². The van der Waals surface area contributed by atoms with Crippen molar-refractivity contribution in [1.82, 2.24) is 14.1 Å². The van der Waals surface area contributed by atoms with Crippen molar-refractivity contribution in [3.63, 3.8) is 0 Å². The summed E-state index contributed by atoms with van der Waals surface area (Å²) in [6, 6.07) is 65.3. The van der Waals surface area contributed by atoms with Gasteiger partial charge < -0.3 is 13.9 Å². The molecule has 6 heteroatoms. The number of pyridine rings is 1. The first-order valence-corrected chi connectivity index (χ1v) is 28.5. The van der Waals surface area contributed by atoms with Gasteiger partial charge in [0.15, 0.2) is 0 Å². The molecule has 0 N–H and O–H groups in total.